The van der Waals surface area contributed by atoms with Crippen molar-refractivity contribution < 1.29 is 27.4 Å². The standard InChI is InChI=1S/C22H24ClF3N4O3/c1-3-32-9-8-30-19-10-16(14-4-6-15(7-5-14)33-22(24,25)26)17(23)11-18(19)29-20(30)12-28-13(2)21(27)31/h4-7,10-11,13,28H,3,8-9,12H2,1-2H3,(H2,27,31)/t13-/m0/s1. The highest BCUT2D eigenvalue weighted by molar-refractivity contribution is 6.34. The number of hydrogen-bond donors (Lipinski definition) is 2. The fraction of sp³-hybridized carbons (Fsp3) is 0.364. The third kappa shape index (κ3) is 6.37. The lowest BCUT2D eigenvalue weighted by Gasteiger charge is -2.13. The van der Waals surface area contributed by atoms with E-state index >= 15 is 0 Å². The molecule has 1 atom stereocenters. The summed E-state index contributed by atoms with van der Waals surface area (Å²) in [6.07, 6.45) is -4.76. The van der Waals surface area contributed by atoms with Gasteiger partial charge in [-0.2, -0.15) is 0 Å². The zero-order valence-corrected chi connectivity index (χ0v) is 18.8. The van der Waals surface area contributed by atoms with Crippen LogP contribution in [-0.4, -0.2) is 41.1 Å². The second kappa shape index (κ2) is 10.4. The van der Waals surface area contributed by atoms with E-state index in [-0.39, 0.29) is 5.75 Å². The lowest BCUT2D eigenvalue weighted by Crippen LogP contribution is -2.38. The Morgan fingerprint density at radius 2 is 1.97 bits per heavy atom. The lowest BCUT2D eigenvalue weighted by atomic mass is 10.0. The Kier molecular flexibility index (Phi) is 7.83. The number of amides is 1. The van der Waals surface area contributed by atoms with Gasteiger partial charge in [0.25, 0.3) is 0 Å². The van der Waals surface area contributed by atoms with Crippen molar-refractivity contribution in [1.29, 1.82) is 0 Å². The van der Waals surface area contributed by atoms with Crippen LogP contribution in [0.25, 0.3) is 22.2 Å². The van der Waals surface area contributed by atoms with Crippen molar-refractivity contribution in [3.05, 3.63) is 47.2 Å². The second-order valence-electron chi connectivity index (χ2n) is 7.27. The summed E-state index contributed by atoms with van der Waals surface area (Å²) < 4.78 is 48.7. The second-order valence-corrected chi connectivity index (χ2v) is 7.68. The number of aromatic nitrogens is 2. The molecule has 1 heterocycles. The highest BCUT2D eigenvalue weighted by Gasteiger charge is 2.31. The van der Waals surface area contributed by atoms with Gasteiger partial charge in [0.2, 0.25) is 5.91 Å². The molecule has 0 aliphatic rings. The van der Waals surface area contributed by atoms with Gasteiger partial charge in [-0.05, 0) is 43.7 Å². The van der Waals surface area contributed by atoms with Crippen molar-refractivity contribution in [3.8, 4) is 16.9 Å². The SMILES string of the molecule is CCOCCn1c(CN[C@@H](C)C(N)=O)nc2cc(Cl)c(-c3ccc(OC(F)(F)F)cc3)cc21. The lowest BCUT2D eigenvalue weighted by molar-refractivity contribution is -0.274. The summed E-state index contributed by atoms with van der Waals surface area (Å²) in [5.74, 6) is -0.127. The predicted molar refractivity (Wildman–Crippen MR) is 119 cm³/mol. The molecule has 1 amide bonds. The number of fused-ring (bicyclic) bond motifs is 1. The number of ether oxygens (including phenoxy) is 2. The molecule has 0 saturated heterocycles. The number of nitrogens with zero attached hydrogens (tertiary/aromatic N) is 2. The van der Waals surface area contributed by atoms with Crippen molar-refractivity contribution >= 4 is 28.5 Å². The van der Waals surface area contributed by atoms with Crippen molar-refractivity contribution in [3.63, 3.8) is 0 Å². The molecule has 11 heteroatoms. The Morgan fingerprint density at radius 3 is 2.58 bits per heavy atom. The van der Waals surface area contributed by atoms with Gasteiger partial charge < -0.3 is 19.8 Å². The number of rotatable bonds is 10. The summed E-state index contributed by atoms with van der Waals surface area (Å²) in [4.78, 5) is 16.0. The van der Waals surface area contributed by atoms with Crippen LogP contribution in [0.3, 0.4) is 0 Å². The van der Waals surface area contributed by atoms with Gasteiger partial charge in [0, 0.05) is 18.7 Å². The monoisotopic (exact) mass is 484 g/mol. The molecule has 0 unspecified atom stereocenters. The van der Waals surface area contributed by atoms with E-state index in [0.29, 0.717) is 53.8 Å². The van der Waals surface area contributed by atoms with Gasteiger partial charge in [-0.15, -0.1) is 13.2 Å². The van der Waals surface area contributed by atoms with Crippen LogP contribution < -0.4 is 15.8 Å². The molecule has 0 radical (unpaired) electrons. The van der Waals surface area contributed by atoms with E-state index in [1.54, 1.807) is 13.0 Å². The Labute approximate surface area is 193 Å². The zero-order chi connectivity index (χ0) is 24.2. The molecule has 3 aromatic rings. The van der Waals surface area contributed by atoms with Gasteiger partial charge in [0.1, 0.15) is 11.6 Å². The molecule has 3 N–H and O–H groups in total. The molecule has 7 nitrogen and oxygen atoms in total. The van der Waals surface area contributed by atoms with Crippen LogP contribution in [0.2, 0.25) is 5.02 Å². The molecule has 0 spiro atoms. The summed E-state index contributed by atoms with van der Waals surface area (Å²) in [7, 11) is 0. The fourth-order valence-corrected chi connectivity index (χ4v) is 3.55. The summed E-state index contributed by atoms with van der Waals surface area (Å²) in [6.45, 7) is 5.36. The first kappa shape index (κ1) is 24.8. The molecule has 178 valence electrons. The number of carbonyl (C=O) groups excluding carboxylic acids is 1. The quantitative estimate of drug-likeness (QED) is 0.420. The molecule has 0 saturated carbocycles. The highest BCUT2D eigenvalue weighted by Crippen LogP contribution is 2.34. The van der Waals surface area contributed by atoms with Gasteiger partial charge in [-0.25, -0.2) is 4.98 Å². The Bertz CT molecular complexity index is 1120. The number of alkyl halides is 3. The normalized spacial score (nSPS) is 12.8. The van der Waals surface area contributed by atoms with Crippen LogP contribution in [0.15, 0.2) is 36.4 Å². The predicted octanol–water partition coefficient (Wildman–Crippen LogP) is 4.26. The first-order valence-electron chi connectivity index (χ1n) is 10.2. The van der Waals surface area contributed by atoms with Crippen molar-refractivity contribution in [2.45, 2.75) is 39.3 Å². The molecule has 0 bridgehead atoms. The van der Waals surface area contributed by atoms with Crippen LogP contribution in [0.1, 0.15) is 19.7 Å². The van der Waals surface area contributed by atoms with E-state index in [2.05, 4.69) is 15.0 Å². The number of hydrogen-bond acceptors (Lipinski definition) is 5. The van der Waals surface area contributed by atoms with Gasteiger partial charge in [-0.1, -0.05) is 23.7 Å². The summed E-state index contributed by atoms with van der Waals surface area (Å²) in [5.41, 5.74) is 7.99. The molecule has 0 fully saturated rings. The van der Waals surface area contributed by atoms with Crippen molar-refractivity contribution in [2.24, 2.45) is 5.73 Å². The minimum absolute atomic E-state index is 0.293. The Balaban J connectivity index is 1.97. The van der Waals surface area contributed by atoms with E-state index in [9.17, 15) is 18.0 Å². The third-order valence-corrected chi connectivity index (χ3v) is 5.28. The van der Waals surface area contributed by atoms with Crippen molar-refractivity contribution in [1.82, 2.24) is 14.9 Å². The van der Waals surface area contributed by atoms with E-state index < -0.39 is 18.3 Å². The first-order valence-corrected chi connectivity index (χ1v) is 10.6. The summed E-state index contributed by atoms with van der Waals surface area (Å²) in [5, 5.41) is 3.43. The molecule has 2 aromatic carbocycles. The number of primary amides is 1. The highest BCUT2D eigenvalue weighted by atomic mass is 35.5. The Hall–Kier alpha value is -2.82. The maximum Gasteiger partial charge on any atom is 0.573 e. The first-order chi connectivity index (χ1) is 15.6. The van der Waals surface area contributed by atoms with Gasteiger partial charge in [0.05, 0.1) is 35.2 Å². The average Bonchev–Trinajstić information content (AvgIpc) is 3.07. The number of halogens is 4. The molecule has 0 aliphatic carbocycles. The maximum atomic E-state index is 12.4. The van der Waals surface area contributed by atoms with Gasteiger partial charge >= 0.3 is 6.36 Å². The van der Waals surface area contributed by atoms with Crippen LogP contribution in [0.4, 0.5) is 13.2 Å². The summed E-state index contributed by atoms with van der Waals surface area (Å²) in [6, 6.07) is 8.47. The zero-order valence-electron chi connectivity index (χ0n) is 18.1. The molecule has 1 aromatic heterocycles. The van der Waals surface area contributed by atoms with Gasteiger partial charge in [-0.3, -0.25) is 10.1 Å². The summed E-state index contributed by atoms with van der Waals surface area (Å²) >= 11 is 6.48. The van der Waals surface area contributed by atoms with Crippen LogP contribution in [-0.2, 0) is 22.6 Å². The largest absolute Gasteiger partial charge is 0.573 e. The smallest absolute Gasteiger partial charge is 0.406 e. The topological polar surface area (TPSA) is 91.4 Å². The number of nitrogens with one attached hydrogen (secondary N) is 1. The number of nitrogens with two attached hydrogens (primary N) is 1. The maximum absolute atomic E-state index is 12.4. The average molecular weight is 485 g/mol. The Morgan fingerprint density at radius 1 is 1.27 bits per heavy atom. The minimum Gasteiger partial charge on any atom is -0.406 e. The number of imidazole rings is 1. The van der Waals surface area contributed by atoms with Crippen molar-refractivity contribution in [2.75, 3.05) is 13.2 Å². The molecular formula is C22H24ClF3N4O3. The molecule has 33 heavy (non-hydrogen) atoms. The minimum atomic E-state index is -4.76. The van der Waals surface area contributed by atoms with E-state index in [0.717, 1.165) is 5.52 Å². The van der Waals surface area contributed by atoms with Crippen LogP contribution in [0, 0.1) is 0 Å². The number of benzene rings is 2. The number of carbonyl (C=O) groups is 1. The van der Waals surface area contributed by atoms with E-state index in [1.165, 1.54) is 24.3 Å². The van der Waals surface area contributed by atoms with E-state index in [4.69, 9.17) is 22.1 Å². The molecule has 3 rings (SSSR count). The van der Waals surface area contributed by atoms with E-state index in [1.807, 2.05) is 17.6 Å². The van der Waals surface area contributed by atoms with Gasteiger partial charge in [0.15, 0.2) is 0 Å². The van der Waals surface area contributed by atoms with Crippen LogP contribution in [0.5, 0.6) is 5.75 Å². The fourth-order valence-electron chi connectivity index (χ4n) is 3.28. The third-order valence-electron chi connectivity index (χ3n) is 4.97. The van der Waals surface area contributed by atoms with Crippen LogP contribution >= 0.6 is 11.6 Å². The molecule has 0 aliphatic heterocycles. The molecular weight excluding hydrogens is 461 g/mol.